The molecule has 1 fully saturated rings. The van der Waals surface area contributed by atoms with E-state index in [4.69, 9.17) is 4.74 Å². The molecule has 0 unspecified atom stereocenters. The van der Waals surface area contributed by atoms with Crippen LogP contribution in [0.1, 0.15) is 11.1 Å². The first-order valence-corrected chi connectivity index (χ1v) is 9.94. The summed E-state index contributed by atoms with van der Waals surface area (Å²) >= 11 is 0. The van der Waals surface area contributed by atoms with Crippen LogP contribution in [0.2, 0.25) is 0 Å². The van der Waals surface area contributed by atoms with Gasteiger partial charge in [-0.15, -0.1) is 0 Å². The summed E-state index contributed by atoms with van der Waals surface area (Å²) in [6.45, 7) is 6.99. The summed E-state index contributed by atoms with van der Waals surface area (Å²) in [5, 5.41) is 1.14. The van der Waals surface area contributed by atoms with Gasteiger partial charge < -0.3 is 14.6 Å². The molecule has 2 aromatic carbocycles. The maximum Gasteiger partial charge on any atom is 0.227 e. The zero-order chi connectivity index (χ0) is 19.3. The van der Waals surface area contributed by atoms with Gasteiger partial charge in [0.1, 0.15) is 12.4 Å². The fraction of sp³-hybridized carbons (Fsp3) is 0.348. The summed E-state index contributed by atoms with van der Waals surface area (Å²) in [5.74, 6) is 1.16. The second-order valence-electron chi connectivity index (χ2n) is 7.37. The number of carbonyl (C=O) groups is 1. The number of benzene rings is 2. The third-order valence-electron chi connectivity index (χ3n) is 5.50. The molecule has 2 heterocycles. The van der Waals surface area contributed by atoms with Gasteiger partial charge in [-0.3, -0.25) is 9.69 Å². The van der Waals surface area contributed by atoms with Crippen LogP contribution in [0.25, 0.3) is 10.9 Å². The van der Waals surface area contributed by atoms with Crippen LogP contribution in [0.5, 0.6) is 5.75 Å². The molecule has 0 atom stereocenters. The van der Waals surface area contributed by atoms with Crippen LogP contribution in [0.3, 0.4) is 0 Å². The number of aryl methyl sites for hydroxylation is 1. The lowest BCUT2D eigenvalue weighted by atomic mass is 10.1. The minimum Gasteiger partial charge on any atom is -0.492 e. The Hall–Kier alpha value is -2.79. The number of para-hydroxylation sites is 2. The Kier molecular flexibility index (Phi) is 5.63. The maximum absolute atomic E-state index is 12.7. The van der Waals surface area contributed by atoms with Crippen LogP contribution < -0.4 is 4.74 Å². The second-order valence-corrected chi connectivity index (χ2v) is 7.37. The summed E-state index contributed by atoms with van der Waals surface area (Å²) in [5.41, 5.74) is 3.33. The molecule has 3 aromatic rings. The zero-order valence-electron chi connectivity index (χ0n) is 16.4. The number of carbonyl (C=O) groups excluding carboxylic acids is 1. The Labute approximate surface area is 165 Å². The van der Waals surface area contributed by atoms with Crippen molar-refractivity contribution in [3.8, 4) is 5.75 Å². The standard InChI is InChI=1S/C23H27N3O2/c1-18-6-2-5-9-22(18)28-15-14-25-10-12-26(13-11-25)23(27)16-19-17-24-21-8-4-3-7-20(19)21/h2-9,17,24H,10-16H2,1H3. The summed E-state index contributed by atoms with van der Waals surface area (Å²) in [6, 6.07) is 16.2. The van der Waals surface area contributed by atoms with Gasteiger partial charge in [-0.1, -0.05) is 36.4 Å². The molecule has 1 aliphatic rings. The topological polar surface area (TPSA) is 48.6 Å². The molecule has 1 saturated heterocycles. The molecule has 0 aliphatic carbocycles. The Morgan fingerprint density at radius 1 is 1.04 bits per heavy atom. The number of nitrogens with one attached hydrogen (secondary N) is 1. The van der Waals surface area contributed by atoms with Gasteiger partial charge in [0.25, 0.3) is 0 Å². The lowest BCUT2D eigenvalue weighted by molar-refractivity contribution is -0.132. The Bertz CT molecular complexity index is 942. The van der Waals surface area contributed by atoms with E-state index < -0.39 is 0 Å². The zero-order valence-corrected chi connectivity index (χ0v) is 16.4. The van der Waals surface area contributed by atoms with Gasteiger partial charge in [-0.2, -0.15) is 0 Å². The third-order valence-corrected chi connectivity index (χ3v) is 5.50. The molecule has 146 valence electrons. The number of hydrogen-bond donors (Lipinski definition) is 1. The predicted molar refractivity (Wildman–Crippen MR) is 112 cm³/mol. The van der Waals surface area contributed by atoms with E-state index in [0.29, 0.717) is 13.0 Å². The summed E-state index contributed by atoms with van der Waals surface area (Å²) in [4.78, 5) is 20.3. The highest BCUT2D eigenvalue weighted by molar-refractivity contribution is 5.88. The number of fused-ring (bicyclic) bond motifs is 1. The van der Waals surface area contributed by atoms with Crippen LogP contribution in [0.15, 0.2) is 54.7 Å². The minimum absolute atomic E-state index is 0.209. The van der Waals surface area contributed by atoms with Gasteiger partial charge in [-0.05, 0) is 30.2 Å². The van der Waals surface area contributed by atoms with Crippen molar-refractivity contribution in [1.29, 1.82) is 0 Å². The molecule has 1 amide bonds. The largest absolute Gasteiger partial charge is 0.492 e. The number of amides is 1. The average Bonchev–Trinajstić information content (AvgIpc) is 3.13. The Morgan fingerprint density at radius 2 is 1.79 bits per heavy atom. The minimum atomic E-state index is 0.209. The molecule has 0 spiro atoms. The highest BCUT2D eigenvalue weighted by atomic mass is 16.5. The molecule has 4 rings (SSSR count). The van der Waals surface area contributed by atoms with Crippen molar-refractivity contribution in [2.45, 2.75) is 13.3 Å². The number of ether oxygens (including phenoxy) is 1. The first-order chi connectivity index (χ1) is 13.7. The highest BCUT2D eigenvalue weighted by Crippen LogP contribution is 2.19. The molecule has 0 saturated carbocycles. The first kappa shape index (κ1) is 18.6. The van der Waals surface area contributed by atoms with Crippen LogP contribution in [-0.4, -0.2) is 60.0 Å². The van der Waals surface area contributed by atoms with E-state index in [0.717, 1.165) is 60.5 Å². The number of aromatic nitrogens is 1. The first-order valence-electron chi connectivity index (χ1n) is 9.94. The fourth-order valence-corrected chi connectivity index (χ4v) is 3.78. The normalized spacial score (nSPS) is 15.1. The van der Waals surface area contributed by atoms with E-state index in [-0.39, 0.29) is 5.91 Å². The van der Waals surface area contributed by atoms with Gasteiger partial charge in [0.15, 0.2) is 0 Å². The smallest absolute Gasteiger partial charge is 0.227 e. The number of piperazine rings is 1. The van der Waals surface area contributed by atoms with Crippen LogP contribution in [0, 0.1) is 6.92 Å². The second kappa shape index (κ2) is 8.48. The van der Waals surface area contributed by atoms with Crippen LogP contribution in [-0.2, 0) is 11.2 Å². The predicted octanol–water partition coefficient (Wildman–Crippen LogP) is 3.24. The van der Waals surface area contributed by atoms with E-state index >= 15 is 0 Å². The number of hydrogen-bond acceptors (Lipinski definition) is 3. The Balaban J connectivity index is 1.23. The Morgan fingerprint density at radius 3 is 2.61 bits per heavy atom. The van der Waals surface area contributed by atoms with E-state index in [2.05, 4.69) is 28.9 Å². The molecule has 28 heavy (non-hydrogen) atoms. The van der Waals surface area contributed by atoms with Crippen molar-refractivity contribution < 1.29 is 9.53 Å². The monoisotopic (exact) mass is 377 g/mol. The molecule has 5 nitrogen and oxygen atoms in total. The van der Waals surface area contributed by atoms with Crippen molar-refractivity contribution in [1.82, 2.24) is 14.8 Å². The van der Waals surface area contributed by atoms with E-state index in [1.165, 1.54) is 0 Å². The number of aromatic amines is 1. The van der Waals surface area contributed by atoms with E-state index in [9.17, 15) is 4.79 Å². The van der Waals surface area contributed by atoms with Crippen molar-refractivity contribution in [3.05, 3.63) is 65.9 Å². The van der Waals surface area contributed by atoms with Crippen LogP contribution in [0.4, 0.5) is 0 Å². The number of rotatable bonds is 6. The molecule has 1 N–H and O–H groups in total. The van der Waals surface area contributed by atoms with Gasteiger partial charge in [0, 0.05) is 49.8 Å². The number of H-pyrrole nitrogens is 1. The van der Waals surface area contributed by atoms with Gasteiger partial charge in [0.05, 0.1) is 6.42 Å². The lowest BCUT2D eigenvalue weighted by Gasteiger charge is -2.34. The van der Waals surface area contributed by atoms with Gasteiger partial charge >= 0.3 is 0 Å². The molecule has 0 radical (unpaired) electrons. The SMILES string of the molecule is Cc1ccccc1OCCN1CCN(C(=O)Cc2c[nH]c3ccccc23)CC1. The van der Waals surface area contributed by atoms with Gasteiger partial charge in [0.2, 0.25) is 5.91 Å². The molecule has 1 aromatic heterocycles. The van der Waals surface area contributed by atoms with Crippen LogP contribution >= 0.6 is 0 Å². The average molecular weight is 377 g/mol. The fourth-order valence-electron chi connectivity index (χ4n) is 3.78. The lowest BCUT2D eigenvalue weighted by Crippen LogP contribution is -2.49. The molecular formula is C23H27N3O2. The number of nitrogens with zero attached hydrogens (tertiary/aromatic N) is 2. The van der Waals surface area contributed by atoms with Crippen molar-refractivity contribution >= 4 is 16.8 Å². The summed E-state index contributed by atoms with van der Waals surface area (Å²) in [6.07, 6.45) is 2.42. The summed E-state index contributed by atoms with van der Waals surface area (Å²) in [7, 11) is 0. The molecule has 0 bridgehead atoms. The summed E-state index contributed by atoms with van der Waals surface area (Å²) < 4.78 is 5.90. The molecular weight excluding hydrogens is 350 g/mol. The van der Waals surface area contributed by atoms with Gasteiger partial charge in [-0.25, -0.2) is 0 Å². The van der Waals surface area contributed by atoms with Crippen molar-refractivity contribution in [2.24, 2.45) is 0 Å². The molecule has 1 aliphatic heterocycles. The van der Waals surface area contributed by atoms with Crippen molar-refractivity contribution in [2.75, 3.05) is 39.3 Å². The third kappa shape index (κ3) is 4.20. The van der Waals surface area contributed by atoms with Crippen molar-refractivity contribution in [3.63, 3.8) is 0 Å². The quantitative estimate of drug-likeness (QED) is 0.717. The van der Waals surface area contributed by atoms with E-state index in [1.54, 1.807) is 0 Å². The van der Waals surface area contributed by atoms with E-state index in [1.807, 2.05) is 47.5 Å². The molecule has 5 heteroatoms. The highest BCUT2D eigenvalue weighted by Gasteiger charge is 2.21. The maximum atomic E-state index is 12.7.